The van der Waals surface area contributed by atoms with Crippen molar-refractivity contribution in [2.24, 2.45) is 4.99 Å². The molecule has 1 amide bonds. The molecule has 2 aliphatic rings. The maximum absolute atomic E-state index is 12.2. The quantitative estimate of drug-likeness (QED) is 0.193. The number of aliphatic hydroxyl groups excluding tert-OH is 1. The van der Waals surface area contributed by atoms with Gasteiger partial charge in [-0.25, -0.2) is 14.8 Å². The molecule has 2 heterocycles. The maximum Gasteiger partial charge on any atom is 0.364 e. The summed E-state index contributed by atoms with van der Waals surface area (Å²) >= 11 is 23.5. The normalized spacial score (nSPS) is 21.2. The second kappa shape index (κ2) is 18.2. The Morgan fingerprint density at radius 1 is 1.19 bits per heavy atom. The Balaban J connectivity index is 0.000000253. The smallest absolute Gasteiger partial charge is 0.364 e. The number of rotatable bonds is 8. The van der Waals surface area contributed by atoms with Gasteiger partial charge in [0.15, 0.2) is 0 Å². The summed E-state index contributed by atoms with van der Waals surface area (Å²) in [7, 11) is -6.56. The van der Waals surface area contributed by atoms with E-state index in [4.69, 9.17) is 50.9 Å². The largest absolute Gasteiger partial charge is 0.364 e. The molecule has 43 heavy (non-hydrogen) atoms. The van der Waals surface area contributed by atoms with Crippen molar-refractivity contribution in [1.29, 1.82) is 0 Å². The number of nitrogens with one attached hydrogen (secondary N) is 2. The zero-order chi connectivity index (χ0) is 32.2. The first-order valence-corrected chi connectivity index (χ1v) is 18.5. The number of anilines is 1. The summed E-state index contributed by atoms with van der Waals surface area (Å²) in [6, 6.07) is 12.1. The predicted molar refractivity (Wildman–Crippen MR) is 173 cm³/mol. The minimum Gasteiger partial charge on any atom is -0.364 e. The second-order valence-electron chi connectivity index (χ2n) is 9.36. The highest BCUT2D eigenvalue weighted by Gasteiger charge is 2.33. The molecule has 0 aromatic heterocycles. The van der Waals surface area contributed by atoms with Gasteiger partial charge in [0.1, 0.15) is 0 Å². The summed E-state index contributed by atoms with van der Waals surface area (Å²) in [6.45, 7) is 6.53. The minimum absolute atomic E-state index is 0.296. The number of hydrogen-bond acceptors (Lipinski definition) is 7. The Kier molecular flexibility index (Phi) is 16.1. The van der Waals surface area contributed by atoms with Gasteiger partial charge < -0.3 is 19.5 Å². The van der Waals surface area contributed by atoms with Crippen LogP contribution < -0.4 is 10.4 Å². The van der Waals surface area contributed by atoms with Gasteiger partial charge in [0.2, 0.25) is 6.23 Å². The summed E-state index contributed by atoms with van der Waals surface area (Å²) in [4.78, 5) is 15.9. The monoisotopic (exact) mass is 720 g/mol. The van der Waals surface area contributed by atoms with Gasteiger partial charge in [0.25, 0.3) is 5.91 Å². The number of amides is 1. The first-order chi connectivity index (χ1) is 20.2. The van der Waals surface area contributed by atoms with Crippen LogP contribution >= 0.6 is 61.8 Å². The molecule has 0 spiro atoms. The topological polar surface area (TPSA) is 130 Å². The van der Waals surface area contributed by atoms with Gasteiger partial charge in [-0.05, 0) is 44.5 Å². The summed E-state index contributed by atoms with van der Waals surface area (Å²) in [5.74, 6) is 0.248. The molecule has 17 heteroatoms. The molecule has 3 atom stereocenters. The standard InChI is InChI=1S/C15H10Cl2N2O2.C7H15Cl2N2O2P.C4H10FO2P/c16-8-5-6-12-10(7-8)13(19-15(21)14(20)18-12)9-3-1-2-4-11(9)17;8-2-5-11(6-3-9)14(12)10-4-1-7-13-14;1-4(2)7-8(3,5)6/h1-7,15,21H,(H,18,20);1-7H2,(H,10,12);4H,1-3H3. The van der Waals surface area contributed by atoms with Crippen molar-refractivity contribution in [1.82, 2.24) is 9.76 Å². The molecule has 1 saturated heterocycles. The Hall–Kier alpha value is -1.07. The van der Waals surface area contributed by atoms with E-state index < -0.39 is 27.5 Å². The van der Waals surface area contributed by atoms with Crippen molar-refractivity contribution in [3.8, 4) is 0 Å². The van der Waals surface area contributed by atoms with Crippen LogP contribution in [0.3, 0.4) is 0 Å². The van der Waals surface area contributed by atoms with Crippen LogP contribution in [0.2, 0.25) is 10.0 Å². The van der Waals surface area contributed by atoms with E-state index in [1.807, 2.05) is 0 Å². The molecule has 1 fully saturated rings. The van der Waals surface area contributed by atoms with Crippen LogP contribution in [-0.4, -0.2) is 78.4 Å². The van der Waals surface area contributed by atoms with Crippen LogP contribution in [0, 0.1) is 0 Å². The van der Waals surface area contributed by atoms with E-state index >= 15 is 0 Å². The van der Waals surface area contributed by atoms with Crippen LogP contribution in [-0.2, 0) is 23.0 Å². The highest BCUT2D eigenvalue weighted by atomic mass is 35.5. The molecule has 2 aliphatic heterocycles. The number of carbonyl (C=O) groups excluding carboxylic acids is 1. The van der Waals surface area contributed by atoms with Crippen LogP contribution in [0.4, 0.5) is 9.88 Å². The number of fused-ring (bicyclic) bond motifs is 1. The lowest BCUT2D eigenvalue weighted by Gasteiger charge is -2.33. The lowest BCUT2D eigenvalue weighted by molar-refractivity contribution is -0.123. The van der Waals surface area contributed by atoms with E-state index in [1.54, 1.807) is 61.0 Å². The van der Waals surface area contributed by atoms with Crippen molar-refractivity contribution in [3.05, 3.63) is 63.6 Å². The number of benzene rings is 2. The second-order valence-corrected chi connectivity index (χ2v) is 14.8. The van der Waals surface area contributed by atoms with Gasteiger partial charge in [-0.3, -0.25) is 13.9 Å². The summed E-state index contributed by atoms with van der Waals surface area (Å²) in [5.41, 5.74) is 2.18. The first-order valence-electron chi connectivity index (χ1n) is 13.1. The van der Waals surface area contributed by atoms with Crippen LogP contribution in [0.25, 0.3) is 0 Å². The SMILES string of the molecule is CC(C)OP(C)(=O)F.O=C1Nc2ccc(Cl)cc2C(c2ccccc2Cl)=NC1O.O=P1(N(CCCl)CCCl)NCCCO1. The number of carbonyl (C=O) groups is 1. The molecular formula is C26H35Cl4FN4O6P2. The molecule has 0 aliphatic carbocycles. The summed E-state index contributed by atoms with van der Waals surface area (Å²) < 4.78 is 45.6. The summed E-state index contributed by atoms with van der Waals surface area (Å²) in [6.07, 6.45) is -0.905. The number of alkyl halides is 2. The third kappa shape index (κ3) is 12.7. The van der Waals surface area contributed by atoms with Crippen LogP contribution in [0.1, 0.15) is 31.4 Å². The van der Waals surface area contributed by atoms with Gasteiger partial charge in [-0.2, -0.15) is 4.20 Å². The molecule has 240 valence electrons. The lowest BCUT2D eigenvalue weighted by atomic mass is 10.0. The molecule has 3 unspecified atom stereocenters. The Morgan fingerprint density at radius 3 is 2.35 bits per heavy atom. The van der Waals surface area contributed by atoms with Gasteiger partial charge in [-0.1, -0.05) is 41.4 Å². The molecule has 3 N–H and O–H groups in total. The Bertz CT molecular complexity index is 1330. The van der Waals surface area contributed by atoms with Crippen LogP contribution in [0.15, 0.2) is 47.5 Å². The van der Waals surface area contributed by atoms with E-state index in [0.29, 0.717) is 64.0 Å². The number of aliphatic hydroxyl groups is 1. The molecular weight excluding hydrogens is 687 g/mol. The number of nitrogens with zero attached hydrogens (tertiary/aromatic N) is 2. The fourth-order valence-corrected chi connectivity index (χ4v) is 7.58. The zero-order valence-corrected chi connectivity index (χ0v) is 28.6. The maximum atomic E-state index is 12.2. The van der Waals surface area contributed by atoms with E-state index in [9.17, 15) is 23.2 Å². The van der Waals surface area contributed by atoms with Gasteiger partial charge in [-0.15, -0.1) is 23.2 Å². The third-order valence-corrected chi connectivity index (χ3v) is 9.47. The average Bonchev–Trinajstić information content (AvgIpc) is 3.04. The summed E-state index contributed by atoms with van der Waals surface area (Å²) in [5, 5.41) is 16.3. The Labute approximate surface area is 271 Å². The zero-order valence-electron chi connectivity index (χ0n) is 23.8. The lowest BCUT2D eigenvalue weighted by Crippen LogP contribution is -2.35. The number of halogens is 5. The molecule has 0 bridgehead atoms. The number of aliphatic imine (C=N–C) groups is 1. The fraction of sp³-hybridized carbons (Fsp3) is 0.462. The number of benzodiazepines with no additional fused rings is 1. The van der Waals surface area contributed by atoms with Gasteiger partial charge in [0.05, 0.1) is 24.1 Å². The van der Waals surface area contributed by atoms with E-state index in [1.165, 1.54) is 0 Å². The van der Waals surface area contributed by atoms with Crippen molar-refractivity contribution in [3.63, 3.8) is 0 Å². The van der Waals surface area contributed by atoms with Crippen molar-refractivity contribution < 1.29 is 32.3 Å². The van der Waals surface area contributed by atoms with E-state index in [2.05, 4.69) is 19.9 Å². The first kappa shape index (κ1) is 38.1. The molecule has 4 rings (SSSR count). The van der Waals surface area contributed by atoms with Crippen molar-refractivity contribution in [2.75, 3.05) is 50.0 Å². The fourth-order valence-electron chi connectivity index (χ4n) is 3.79. The van der Waals surface area contributed by atoms with Crippen molar-refractivity contribution in [2.45, 2.75) is 32.6 Å². The van der Waals surface area contributed by atoms with Gasteiger partial charge >= 0.3 is 15.3 Å². The highest BCUT2D eigenvalue weighted by molar-refractivity contribution is 7.54. The molecule has 0 radical (unpaired) electrons. The molecule has 2 aromatic carbocycles. The van der Waals surface area contributed by atoms with Crippen molar-refractivity contribution >= 4 is 79.1 Å². The van der Waals surface area contributed by atoms with E-state index in [-0.39, 0.29) is 6.10 Å². The van der Waals surface area contributed by atoms with Crippen LogP contribution in [0.5, 0.6) is 0 Å². The molecule has 2 aromatic rings. The average molecular weight is 722 g/mol. The Morgan fingerprint density at radius 2 is 1.84 bits per heavy atom. The minimum atomic E-state index is -3.72. The third-order valence-electron chi connectivity index (χ3n) is 5.47. The predicted octanol–water partition coefficient (Wildman–Crippen LogP) is 7.19. The number of hydrogen-bond donors (Lipinski definition) is 3. The molecule has 10 nitrogen and oxygen atoms in total. The van der Waals surface area contributed by atoms with Gasteiger partial charge in [0, 0.05) is 59.2 Å². The highest BCUT2D eigenvalue weighted by Crippen LogP contribution is 2.48. The van der Waals surface area contributed by atoms with E-state index in [0.717, 1.165) is 19.6 Å². The molecule has 0 saturated carbocycles.